The summed E-state index contributed by atoms with van der Waals surface area (Å²) in [6.45, 7) is 3.84. The molecule has 0 saturated heterocycles. The lowest BCUT2D eigenvalue weighted by Crippen LogP contribution is -2.32. The first-order valence-electron chi connectivity index (χ1n) is 6.39. The van der Waals surface area contributed by atoms with Crippen LogP contribution in [0.15, 0.2) is 24.3 Å². The number of aliphatic hydroxyl groups is 1. The molecule has 1 fully saturated rings. The predicted octanol–water partition coefficient (Wildman–Crippen LogP) is 2.81. The summed E-state index contributed by atoms with van der Waals surface area (Å²) in [6.07, 6.45) is 2.97. The second-order valence-corrected chi connectivity index (χ2v) is 4.77. The second-order valence-electron chi connectivity index (χ2n) is 4.77. The van der Waals surface area contributed by atoms with Crippen molar-refractivity contribution in [1.82, 2.24) is 0 Å². The van der Waals surface area contributed by atoms with Gasteiger partial charge < -0.3 is 10.0 Å². The smallest absolute Gasteiger partial charge is 0.123 e. The van der Waals surface area contributed by atoms with Gasteiger partial charge in [0.2, 0.25) is 0 Å². The molecule has 94 valence electrons. The Kier molecular flexibility index (Phi) is 4.00. The minimum atomic E-state index is -0.203. The van der Waals surface area contributed by atoms with Gasteiger partial charge in [-0.15, -0.1) is 0 Å². The van der Waals surface area contributed by atoms with Crippen LogP contribution in [0.1, 0.15) is 26.2 Å². The Morgan fingerprint density at radius 1 is 1.29 bits per heavy atom. The average Bonchev–Trinajstić information content (AvgIpc) is 2.73. The normalized spacial score (nSPS) is 23.9. The summed E-state index contributed by atoms with van der Waals surface area (Å²) in [5.41, 5.74) is 1.04. The third kappa shape index (κ3) is 2.97. The van der Waals surface area contributed by atoms with Crippen LogP contribution in [0.5, 0.6) is 0 Å². The van der Waals surface area contributed by atoms with Gasteiger partial charge in [-0.2, -0.15) is 0 Å². The fraction of sp³-hybridized carbons (Fsp3) is 0.571. The van der Waals surface area contributed by atoms with Crippen molar-refractivity contribution in [2.45, 2.75) is 32.3 Å². The van der Waals surface area contributed by atoms with Gasteiger partial charge in [-0.3, -0.25) is 0 Å². The lowest BCUT2D eigenvalue weighted by atomic mass is 10.1. The summed E-state index contributed by atoms with van der Waals surface area (Å²) >= 11 is 0. The fourth-order valence-electron chi connectivity index (χ4n) is 2.58. The van der Waals surface area contributed by atoms with E-state index in [9.17, 15) is 9.50 Å². The molecule has 2 atom stereocenters. The Labute approximate surface area is 102 Å². The van der Waals surface area contributed by atoms with E-state index in [1.807, 2.05) is 0 Å². The number of hydrogen-bond donors (Lipinski definition) is 1. The Bertz CT molecular complexity index is 352. The number of nitrogens with zero attached hydrogens (tertiary/aromatic N) is 1. The number of halogens is 1. The van der Waals surface area contributed by atoms with Gasteiger partial charge in [-0.25, -0.2) is 4.39 Å². The molecule has 1 aliphatic rings. The highest BCUT2D eigenvalue weighted by molar-refractivity contribution is 5.46. The molecule has 17 heavy (non-hydrogen) atoms. The lowest BCUT2D eigenvalue weighted by Gasteiger charge is -2.27. The van der Waals surface area contributed by atoms with Crippen molar-refractivity contribution in [1.29, 1.82) is 0 Å². The third-order valence-electron chi connectivity index (χ3n) is 3.65. The van der Waals surface area contributed by atoms with Crippen molar-refractivity contribution in [3.63, 3.8) is 0 Å². The predicted molar refractivity (Wildman–Crippen MR) is 67.6 cm³/mol. The van der Waals surface area contributed by atoms with Gasteiger partial charge in [0.15, 0.2) is 0 Å². The molecule has 1 N–H and O–H groups in total. The van der Waals surface area contributed by atoms with Crippen LogP contribution in [-0.4, -0.2) is 24.3 Å². The molecule has 0 aliphatic heterocycles. The maximum Gasteiger partial charge on any atom is 0.123 e. The monoisotopic (exact) mass is 237 g/mol. The van der Waals surface area contributed by atoms with Crippen molar-refractivity contribution in [3.05, 3.63) is 30.1 Å². The van der Waals surface area contributed by atoms with Gasteiger partial charge >= 0.3 is 0 Å². The van der Waals surface area contributed by atoms with Crippen molar-refractivity contribution in [2.24, 2.45) is 5.92 Å². The fourth-order valence-corrected chi connectivity index (χ4v) is 2.58. The van der Waals surface area contributed by atoms with Gasteiger partial charge in [-0.05, 0) is 44.0 Å². The van der Waals surface area contributed by atoms with Crippen LogP contribution in [-0.2, 0) is 0 Å². The minimum Gasteiger partial charge on any atom is -0.393 e. The number of aliphatic hydroxyl groups excluding tert-OH is 1. The van der Waals surface area contributed by atoms with Crippen LogP contribution in [0.4, 0.5) is 10.1 Å². The highest BCUT2D eigenvalue weighted by Gasteiger charge is 2.26. The van der Waals surface area contributed by atoms with Crippen LogP contribution in [0.25, 0.3) is 0 Å². The van der Waals surface area contributed by atoms with Crippen LogP contribution in [0.3, 0.4) is 0 Å². The molecule has 0 amide bonds. The Hall–Kier alpha value is -1.09. The quantitative estimate of drug-likeness (QED) is 0.870. The SMILES string of the molecule is CCN(CC1CCCC1O)c1ccc(F)cc1. The first-order chi connectivity index (χ1) is 8.20. The highest BCUT2D eigenvalue weighted by atomic mass is 19.1. The summed E-state index contributed by atoms with van der Waals surface area (Å²) in [4.78, 5) is 2.21. The second kappa shape index (κ2) is 5.50. The number of hydrogen-bond acceptors (Lipinski definition) is 2. The number of benzene rings is 1. The zero-order chi connectivity index (χ0) is 12.3. The zero-order valence-electron chi connectivity index (χ0n) is 10.3. The van der Waals surface area contributed by atoms with Crippen LogP contribution < -0.4 is 4.90 Å². The molecule has 1 aliphatic carbocycles. The van der Waals surface area contributed by atoms with Gasteiger partial charge in [0.05, 0.1) is 6.10 Å². The summed E-state index contributed by atoms with van der Waals surface area (Å²) < 4.78 is 12.9. The summed E-state index contributed by atoms with van der Waals surface area (Å²) in [6, 6.07) is 6.59. The lowest BCUT2D eigenvalue weighted by molar-refractivity contribution is 0.135. The molecule has 0 spiro atoms. The van der Waals surface area contributed by atoms with Crippen LogP contribution >= 0.6 is 0 Å². The van der Waals surface area contributed by atoms with Crippen LogP contribution in [0.2, 0.25) is 0 Å². The largest absolute Gasteiger partial charge is 0.393 e. The maximum absolute atomic E-state index is 12.9. The van der Waals surface area contributed by atoms with Gasteiger partial charge in [-0.1, -0.05) is 6.42 Å². The van der Waals surface area contributed by atoms with Crippen LogP contribution in [0, 0.1) is 11.7 Å². The highest BCUT2D eigenvalue weighted by Crippen LogP contribution is 2.28. The summed E-state index contributed by atoms with van der Waals surface area (Å²) in [7, 11) is 0. The summed E-state index contributed by atoms with van der Waals surface area (Å²) in [5.74, 6) is 0.158. The third-order valence-corrected chi connectivity index (χ3v) is 3.65. The van der Waals surface area contributed by atoms with Crippen molar-refractivity contribution < 1.29 is 9.50 Å². The molecule has 2 rings (SSSR count). The molecular weight excluding hydrogens is 217 g/mol. The first-order valence-corrected chi connectivity index (χ1v) is 6.39. The molecule has 1 aromatic carbocycles. The van der Waals surface area contributed by atoms with Gasteiger partial charge in [0.25, 0.3) is 0 Å². The van der Waals surface area contributed by atoms with E-state index >= 15 is 0 Å². The molecule has 0 radical (unpaired) electrons. The standard InChI is InChI=1S/C14H20FNO/c1-2-16(10-11-4-3-5-14(11)17)13-8-6-12(15)7-9-13/h6-9,11,14,17H,2-5,10H2,1H3. The molecule has 0 bridgehead atoms. The number of rotatable bonds is 4. The minimum absolute atomic E-state index is 0.163. The number of anilines is 1. The van der Waals surface area contributed by atoms with Crippen molar-refractivity contribution >= 4 is 5.69 Å². The Morgan fingerprint density at radius 3 is 2.53 bits per heavy atom. The average molecular weight is 237 g/mol. The molecule has 3 heteroatoms. The zero-order valence-corrected chi connectivity index (χ0v) is 10.3. The van der Waals surface area contributed by atoms with E-state index in [4.69, 9.17) is 0 Å². The van der Waals surface area contributed by atoms with Gasteiger partial charge in [0, 0.05) is 24.7 Å². The summed E-state index contributed by atoms with van der Waals surface area (Å²) in [5, 5.41) is 9.84. The molecule has 1 aromatic rings. The molecule has 0 aromatic heterocycles. The first kappa shape index (κ1) is 12.4. The topological polar surface area (TPSA) is 23.5 Å². The molecule has 1 saturated carbocycles. The van der Waals surface area contributed by atoms with E-state index in [-0.39, 0.29) is 11.9 Å². The van der Waals surface area contributed by atoms with Gasteiger partial charge in [0.1, 0.15) is 5.82 Å². The van der Waals surface area contributed by atoms with E-state index in [1.54, 1.807) is 12.1 Å². The van der Waals surface area contributed by atoms with Crippen molar-refractivity contribution in [3.8, 4) is 0 Å². The Balaban J connectivity index is 2.03. The van der Waals surface area contributed by atoms with E-state index in [1.165, 1.54) is 12.1 Å². The van der Waals surface area contributed by atoms with E-state index in [0.717, 1.165) is 38.0 Å². The molecule has 2 unspecified atom stereocenters. The van der Waals surface area contributed by atoms with E-state index in [2.05, 4.69) is 11.8 Å². The molecular formula is C14H20FNO. The Morgan fingerprint density at radius 2 is 2.00 bits per heavy atom. The maximum atomic E-state index is 12.9. The molecule has 0 heterocycles. The van der Waals surface area contributed by atoms with E-state index in [0.29, 0.717) is 5.92 Å². The van der Waals surface area contributed by atoms with Crippen molar-refractivity contribution in [2.75, 3.05) is 18.0 Å². The van der Waals surface area contributed by atoms with E-state index < -0.39 is 0 Å². The molecule has 2 nitrogen and oxygen atoms in total.